The van der Waals surface area contributed by atoms with Crippen molar-refractivity contribution in [2.45, 2.75) is 50.2 Å². The Balaban J connectivity index is 0.000000509. The Kier molecular flexibility index (Phi) is 9.51. The molecule has 1 aliphatic carbocycles. The van der Waals surface area contributed by atoms with Crippen molar-refractivity contribution in [2.24, 2.45) is 5.73 Å². The van der Waals surface area contributed by atoms with Gasteiger partial charge in [-0.1, -0.05) is 48.7 Å². The molecule has 4 nitrogen and oxygen atoms in total. The van der Waals surface area contributed by atoms with Crippen LogP contribution in [0.1, 0.15) is 31.2 Å². The third-order valence-corrected chi connectivity index (χ3v) is 4.59. The van der Waals surface area contributed by atoms with Crippen LogP contribution in [0.3, 0.4) is 0 Å². The molecule has 2 rings (SSSR count). The maximum atomic E-state index is 12.0. The molecule has 1 aromatic rings. The molecule has 23 heavy (non-hydrogen) atoms. The monoisotopic (exact) mass is 440 g/mol. The number of halogens is 3. The first-order chi connectivity index (χ1) is 10.1. The Morgan fingerprint density at radius 3 is 2.04 bits per heavy atom. The van der Waals surface area contributed by atoms with Crippen LogP contribution in [0.2, 0.25) is 0 Å². The SMILES string of the molecule is Cc1ccccc1.N[C@@H]1CCCC[C@H]1NS(=O)(=O)C(F)(F)F.[Ru]. The van der Waals surface area contributed by atoms with Crippen molar-refractivity contribution >= 4 is 10.0 Å². The van der Waals surface area contributed by atoms with Crippen LogP contribution < -0.4 is 10.5 Å². The van der Waals surface area contributed by atoms with Crippen LogP contribution in [-0.2, 0) is 29.5 Å². The van der Waals surface area contributed by atoms with Crippen LogP contribution in [0.25, 0.3) is 0 Å². The van der Waals surface area contributed by atoms with Crippen LogP contribution in [0.4, 0.5) is 13.2 Å². The van der Waals surface area contributed by atoms with Crippen molar-refractivity contribution in [2.75, 3.05) is 0 Å². The van der Waals surface area contributed by atoms with E-state index in [1.807, 2.05) is 18.2 Å². The number of hydrogen-bond acceptors (Lipinski definition) is 3. The predicted octanol–water partition coefficient (Wildman–Crippen LogP) is 2.69. The second-order valence-electron chi connectivity index (χ2n) is 5.28. The van der Waals surface area contributed by atoms with E-state index < -0.39 is 27.6 Å². The molecule has 2 atom stereocenters. The number of benzene rings is 1. The van der Waals surface area contributed by atoms with Crippen LogP contribution in [0.15, 0.2) is 30.3 Å². The number of nitrogens with two attached hydrogens (primary N) is 1. The van der Waals surface area contributed by atoms with E-state index in [1.165, 1.54) is 5.56 Å². The van der Waals surface area contributed by atoms with E-state index in [4.69, 9.17) is 5.73 Å². The van der Waals surface area contributed by atoms with Gasteiger partial charge in [0.1, 0.15) is 0 Å². The Labute approximate surface area is 147 Å². The molecular weight excluding hydrogens is 418 g/mol. The van der Waals surface area contributed by atoms with E-state index >= 15 is 0 Å². The molecular formula is C14H21F3N2O2RuS. The molecule has 134 valence electrons. The number of sulfonamides is 1. The van der Waals surface area contributed by atoms with Crippen molar-refractivity contribution in [3.63, 3.8) is 0 Å². The van der Waals surface area contributed by atoms with E-state index in [0.29, 0.717) is 19.3 Å². The normalized spacial score (nSPS) is 21.6. The fourth-order valence-electron chi connectivity index (χ4n) is 2.11. The molecule has 0 heterocycles. The molecule has 0 aliphatic heterocycles. The van der Waals surface area contributed by atoms with Gasteiger partial charge in [-0.15, -0.1) is 0 Å². The summed E-state index contributed by atoms with van der Waals surface area (Å²) in [4.78, 5) is 0. The zero-order valence-electron chi connectivity index (χ0n) is 12.7. The average Bonchev–Trinajstić information content (AvgIpc) is 2.41. The fraction of sp³-hybridized carbons (Fsp3) is 0.571. The summed E-state index contributed by atoms with van der Waals surface area (Å²) in [6.45, 7) is 2.08. The predicted molar refractivity (Wildman–Crippen MR) is 79.5 cm³/mol. The Morgan fingerprint density at radius 2 is 1.65 bits per heavy atom. The van der Waals surface area contributed by atoms with E-state index in [0.717, 1.165) is 6.42 Å². The van der Waals surface area contributed by atoms with Crippen molar-refractivity contribution in [3.05, 3.63) is 35.9 Å². The summed E-state index contributed by atoms with van der Waals surface area (Å²) in [6.07, 6.45) is 2.42. The summed E-state index contributed by atoms with van der Waals surface area (Å²) in [6, 6.07) is 8.93. The summed E-state index contributed by atoms with van der Waals surface area (Å²) >= 11 is 0. The van der Waals surface area contributed by atoms with Gasteiger partial charge < -0.3 is 5.73 Å². The molecule has 0 aromatic heterocycles. The van der Waals surface area contributed by atoms with Gasteiger partial charge in [0.2, 0.25) is 0 Å². The molecule has 1 fully saturated rings. The van der Waals surface area contributed by atoms with Crippen LogP contribution in [0.5, 0.6) is 0 Å². The van der Waals surface area contributed by atoms with E-state index in [1.54, 1.807) is 4.72 Å². The largest absolute Gasteiger partial charge is 0.511 e. The minimum Gasteiger partial charge on any atom is -0.326 e. The minimum absolute atomic E-state index is 0. The second kappa shape index (κ2) is 9.72. The molecule has 9 heteroatoms. The molecule has 1 saturated carbocycles. The van der Waals surface area contributed by atoms with Gasteiger partial charge in [-0.05, 0) is 19.8 Å². The van der Waals surface area contributed by atoms with Gasteiger partial charge in [0.05, 0.1) is 0 Å². The number of alkyl halides is 3. The molecule has 0 radical (unpaired) electrons. The number of nitrogens with one attached hydrogen (secondary N) is 1. The average molecular weight is 439 g/mol. The summed E-state index contributed by atoms with van der Waals surface area (Å²) < 4.78 is 59.2. The summed E-state index contributed by atoms with van der Waals surface area (Å²) in [5, 5.41) is 0. The number of rotatable bonds is 2. The van der Waals surface area contributed by atoms with E-state index in [-0.39, 0.29) is 19.5 Å². The maximum absolute atomic E-state index is 12.0. The van der Waals surface area contributed by atoms with Crippen molar-refractivity contribution in [1.82, 2.24) is 4.72 Å². The molecule has 0 saturated heterocycles. The zero-order chi connectivity index (χ0) is 16.8. The number of aryl methyl sites for hydroxylation is 1. The zero-order valence-corrected chi connectivity index (χ0v) is 15.2. The second-order valence-corrected chi connectivity index (χ2v) is 6.98. The smallest absolute Gasteiger partial charge is 0.326 e. The Bertz CT molecular complexity index is 553. The molecule has 1 aliphatic rings. The van der Waals surface area contributed by atoms with E-state index in [9.17, 15) is 21.6 Å². The molecule has 3 N–H and O–H groups in total. The first-order valence-electron chi connectivity index (χ1n) is 6.99. The molecule has 0 spiro atoms. The van der Waals surface area contributed by atoms with Gasteiger partial charge in [0.15, 0.2) is 0 Å². The topological polar surface area (TPSA) is 72.2 Å². The number of hydrogen-bond donors (Lipinski definition) is 2. The van der Waals surface area contributed by atoms with Crippen LogP contribution in [-0.4, -0.2) is 26.0 Å². The summed E-state index contributed by atoms with van der Waals surface area (Å²) in [7, 11) is -5.26. The molecule has 1 aromatic carbocycles. The summed E-state index contributed by atoms with van der Waals surface area (Å²) in [5.41, 5.74) is 1.60. The van der Waals surface area contributed by atoms with Crippen LogP contribution >= 0.6 is 0 Å². The van der Waals surface area contributed by atoms with Gasteiger partial charge in [0, 0.05) is 31.6 Å². The van der Waals surface area contributed by atoms with Gasteiger partial charge in [-0.25, -0.2) is 13.1 Å². The first kappa shape index (κ1) is 22.5. The van der Waals surface area contributed by atoms with E-state index in [2.05, 4.69) is 19.1 Å². The summed E-state index contributed by atoms with van der Waals surface area (Å²) in [5.74, 6) is 0. The van der Waals surface area contributed by atoms with Crippen LogP contribution in [0, 0.1) is 6.92 Å². The van der Waals surface area contributed by atoms with Gasteiger partial charge in [-0.3, -0.25) is 0 Å². The minimum atomic E-state index is -5.26. The molecule has 0 amide bonds. The standard InChI is InChI=1S/C7H13F3N2O2S.C7H8.Ru/c8-7(9,10)15(13,14)12-6-4-2-1-3-5(6)11;1-7-5-3-2-4-6-7;/h5-6,12H,1-4,11H2;2-6H,1H3;/t5-,6-;;/m1../s1. The van der Waals surface area contributed by atoms with Crippen molar-refractivity contribution in [3.8, 4) is 0 Å². The molecule has 0 bridgehead atoms. The third kappa shape index (κ3) is 7.74. The maximum Gasteiger partial charge on any atom is 0.511 e. The fourth-order valence-corrected chi connectivity index (χ4v) is 2.93. The van der Waals surface area contributed by atoms with Gasteiger partial charge >= 0.3 is 15.5 Å². The Hall–Kier alpha value is -0.497. The Morgan fingerprint density at radius 1 is 1.13 bits per heavy atom. The first-order valence-corrected chi connectivity index (χ1v) is 8.47. The third-order valence-electron chi connectivity index (χ3n) is 3.37. The van der Waals surface area contributed by atoms with Gasteiger partial charge in [-0.2, -0.15) is 13.2 Å². The molecule has 0 unspecified atom stereocenters. The van der Waals surface area contributed by atoms with Crippen molar-refractivity contribution < 1.29 is 41.1 Å². The quantitative estimate of drug-likeness (QED) is 0.696. The van der Waals surface area contributed by atoms with Gasteiger partial charge in [0.25, 0.3) is 0 Å². The van der Waals surface area contributed by atoms with Crippen molar-refractivity contribution in [1.29, 1.82) is 0 Å².